The third-order valence-corrected chi connectivity index (χ3v) is 7.36. The molecule has 5 N–H and O–H groups in total. The van der Waals surface area contributed by atoms with Crippen LogP contribution in [0.1, 0.15) is 53.4 Å². The van der Waals surface area contributed by atoms with Gasteiger partial charge in [-0.15, -0.1) is 6.58 Å². The lowest BCUT2D eigenvalue weighted by Gasteiger charge is -2.30. The first-order valence-corrected chi connectivity index (χ1v) is 13.8. The first kappa shape index (κ1) is 33.1. The van der Waals surface area contributed by atoms with E-state index in [0.29, 0.717) is 37.0 Å². The molecule has 0 spiro atoms. The molecule has 0 unspecified atom stereocenters. The van der Waals surface area contributed by atoms with Crippen molar-refractivity contribution < 1.29 is 28.9 Å². The molecule has 0 aromatic carbocycles. The molecule has 0 saturated heterocycles. The summed E-state index contributed by atoms with van der Waals surface area (Å²) in [6, 6.07) is 0. The molecule has 1 aliphatic heterocycles. The largest absolute Gasteiger partial charge is 0.439 e. The Hall–Kier alpha value is -3.14. The lowest BCUT2D eigenvalue weighted by molar-refractivity contribution is -0.116. The van der Waals surface area contributed by atoms with Crippen LogP contribution in [0, 0.1) is 11.8 Å². The number of methoxy groups -OCH3 is 2. The first-order valence-electron chi connectivity index (χ1n) is 13.8. The van der Waals surface area contributed by atoms with Crippen LogP contribution in [-0.2, 0) is 19.0 Å². The van der Waals surface area contributed by atoms with Gasteiger partial charge in [-0.3, -0.25) is 4.79 Å². The number of carbonyl (C=O) groups excluding carboxylic acids is 2. The van der Waals surface area contributed by atoms with E-state index < -0.39 is 30.5 Å². The summed E-state index contributed by atoms with van der Waals surface area (Å²) in [5, 5.41) is 17.8. The fourth-order valence-electron chi connectivity index (χ4n) is 5.16. The fourth-order valence-corrected chi connectivity index (χ4v) is 5.16. The zero-order chi connectivity index (χ0) is 29.8. The minimum Gasteiger partial charge on any atom is -0.439 e. The molecule has 1 heterocycles. The van der Waals surface area contributed by atoms with Crippen molar-refractivity contribution in [2.24, 2.45) is 17.6 Å². The topological polar surface area (TPSA) is 132 Å². The number of primary amides is 1. The van der Waals surface area contributed by atoms with Crippen LogP contribution < -0.4 is 16.4 Å². The maximum atomic E-state index is 13.0. The molecular formula is C31H47N3O6. The van der Waals surface area contributed by atoms with Gasteiger partial charge in [0.15, 0.2) is 6.10 Å². The minimum absolute atomic E-state index is 0.194. The van der Waals surface area contributed by atoms with E-state index in [0.717, 1.165) is 17.8 Å². The van der Waals surface area contributed by atoms with E-state index in [1.165, 1.54) is 12.7 Å². The number of ether oxygens (including phenoxy) is 3. The van der Waals surface area contributed by atoms with Gasteiger partial charge in [-0.05, 0) is 43.8 Å². The Balaban J connectivity index is 2.50. The Morgan fingerprint density at radius 3 is 2.62 bits per heavy atom. The second-order valence-corrected chi connectivity index (χ2v) is 10.7. The number of allylic oxidation sites excluding steroid dienone is 4. The van der Waals surface area contributed by atoms with E-state index in [1.54, 1.807) is 39.2 Å². The van der Waals surface area contributed by atoms with E-state index in [2.05, 4.69) is 24.1 Å². The van der Waals surface area contributed by atoms with Crippen LogP contribution in [-0.4, -0.2) is 62.3 Å². The summed E-state index contributed by atoms with van der Waals surface area (Å²) >= 11 is 0. The monoisotopic (exact) mass is 557 g/mol. The highest BCUT2D eigenvalue weighted by Gasteiger charge is 2.29. The first-order chi connectivity index (χ1) is 19.0. The van der Waals surface area contributed by atoms with Gasteiger partial charge < -0.3 is 35.7 Å². The van der Waals surface area contributed by atoms with Crippen molar-refractivity contribution in [3.63, 3.8) is 0 Å². The van der Waals surface area contributed by atoms with Gasteiger partial charge in [0, 0.05) is 56.5 Å². The number of amides is 2. The Morgan fingerprint density at radius 2 is 2.00 bits per heavy atom. The Bertz CT molecular complexity index is 1060. The van der Waals surface area contributed by atoms with Crippen LogP contribution in [0.4, 0.5) is 4.79 Å². The van der Waals surface area contributed by atoms with Crippen LogP contribution in [0.25, 0.3) is 0 Å². The van der Waals surface area contributed by atoms with Gasteiger partial charge in [-0.1, -0.05) is 50.3 Å². The molecule has 9 heteroatoms. The summed E-state index contributed by atoms with van der Waals surface area (Å²) in [6.45, 7) is 12.0. The number of hydrogen-bond acceptors (Lipinski definition) is 7. The van der Waals surface area contributed by atoms with E-state index in [-0.39, 0.29) is 17.7 Å². The highest BCUT2D eigenvalue weighted by atomic mass is 16.6. The molecule has 2 rings (SSSR count). The normalized spacial score (nSPS) is 32.5. The lowest BCUT2D eigenvalue weighted by atomic mass is 9.85. The zero-order valence-electron chi connectivity index (χ0n) is 24.7. The lowest BCUT2D eigenvalue weighted by Crippen LogP contribution is -2.37. The van der Waals surface area contributed by atoms with Crippen LogP contribution in [0.5, 0.6) is 0 Å². The number of nitrogens with two attached hydrogens (primary N) is 1. The van der Waals surface area contributed by atoms with Crippen LogP contribution >= 0.6 is 0 Å². The number of rotatable bonds is 6. The van der Waals surface area contributed by atoms with Crippen molar-refractivity contribution in [2.45, 2.75) is 77.8 Å². The quantitative estimate of drug-likeness (QED) is 0.360. The van der Waals surface area contributed by atoms with Crippen molar-refractivity contribution in [3.8, 4) is 0 Å². The van der Waals surface area contributed by atoms with Crippen LogP contribution in [0.2, 0.25) is 0 Å². The molecule has 2 amide bonds. The van der Waals surface area contributed by atoms with E-state index in [9.17, 15) is 14.7 Å². The maximum Gasteiger partial charge on any atom is 0.405 e. The summed E-state index contributed by atoms with van der Waals surface area (Å²) in [5.41, 5.74) is 9.76. The average molecular weight is 558 g/mol. The molecule has 6 atom stereocenters. The second kappa shape index (κ2) is 16.2. The van der Waals surface area contributed by atoms with Crippen molar-refractivity contribution in [2.75, 3.05) is 20.8 Å². The number of hydrogen-bond donors (Lipinski definition) is 4. The van der Waals surface area contributed by atoms with Crippen molar-refractivity contribution >= 4 is 12.0 Å². The maximum absolute atomic E-state index is 13.0. The van der Waals surface area contributed by atoms with Crippen molar-refractivity contribution in [1.29, 1.82) is 0 Å². The van der Waals surface area contributed by atoms with Gasteiger partial charge in [-0.25, -0.2) is 4.79 Å². The highest BCUT2D eigenvalue weighted by Crippen LogP contribution is 2.31. The predicted octanol–water partition coefficient (Wildman–Crippen LogP) is 4.18. The van der Waals surface area contributed by atoms with Crippen molar-refractivity contribution in [1.82, 2.24) is 10.6 Å². The summed E-state index contributed by atoms with van der Waals surface area (Å²) in [6.07, 6.45) is 9.87. The summed E-state index contributed by atoms with van der Waals surface area (Å²) in [4.78, 5) is 24.7. The standard InChI is InChI=1S/C31H47N3O6/c1-8-14-33-25-13-12-24-18-23(25)15-19(2)16-27(39-7)28(35)21(4)17-22(5)29(40-31(32)37)26(38-6)11-9-10-20(3)30(36)34-24/h8-12,17,19,21,26-29,33,35H,1,13-16,18H2,2-7H3,(H2,32,37)(H,34,36)/b11-9-,20-10+,22-17+/t19-,21+,26+,27+,28-,29+/m1/s1. The smallest absolute Gasteiger partial charge is 0.405 e. The summed E-state index contributed by atoms with van der Waals surface area (Å²) < 4.78 is 16.8. The zero-order valence-corrected chi connectivity index (χ0v) is 24.7. The molecule has 40 heavy (non-hydrogen) atoms. The molecule has 0 fully saturated rings. The molecule has 2 aliphatic rings. The molecular weight excluding hydrogens is 510 g/mol. The van der Waals surface area contributed by atoms with E-state index in [4.69, 9.17) is 19.9 Å². The molecule has 0 aromatic heterocycles. The number of carbonyl (C=O) groups is 2. The van der Waals surface area contributed by atoms with Crippen LogP contribution in [0.15, 0.2) is 71.1 Å². The molecule has 0 aromatic rings. The van der Waals surface area contributed by atoms with Crippen molar-refractivity contribution in [3.05, 3.63) is 71.1 Å². The Labute approximate surface area is 238 Å². The molecule has 1 aliphatic carbocycles. The third kappa shape index (κ3) is 9.80. The van der Waals surface area contributed by atoms with Gasteiger partial charge in [0.2, 0.25) is 0 Å². The molecule has 222 valence electrons. The van der Waals surface area contributed by atoms with E-state index >= 15 is 0 Å². The Morgan fingerprint density at radius 1 is 1.27 bits per heavy atom. The molecule has 0 saturated carbocycles. The Kier molecular flexibility index (Phi) is 13.4. The van der Waals surface area contributed by atoms with Crippen LogP contribution in [0.3, 0.4) is 0 Å². The number of aliphatic hydroxyl groups is 1. The fraction of sp³-hybridized carbons (Fsp3) is 0.548. The van der Waals surface area contributed by atoms with Gasteiger partial charge in [0.05, 0.1) is 12.2 Å². The summed E-state index contributed by atoms with van der Waals surface area (Å²) in [5.74, 6) is -0.314. The van der Waals surface area contributed by atoms with Gasteiger partial charge in [0.25, 0.3) is 5.91 Å². The average Bonchev–Trinajstić information content (AvgIpc) is 2.91. The number of fused-ring (bicyclic) bond motifs is 2. The highest BCUT2D eigenvalue weighted by molar-refractivity contribution is 5.94. The molecule has 2 bridgehead atoms. The predicted molar refractivity (Wildman–Crippen MR) is 157 cm³/mol. The van der Waals surface area contributed by atoms with E-state index in [1.807, 2.05) is 25.2 Å². The van der Waals surface area contributed by atoms with Gasteiger partial charge >= 0.3 is 6.09 Å². The number of nitrogens with one attached hydrogen (secondary N) is 2. The number of aliphatic hydroxyl groups excluding tert-OH is 1. The van der Waals surface area contributed by atoms with Gasteiger partial charge in [-0.2, -0.15) is 0 Å². The minimum atomic E-state index is -0.940. The second-order valence-electron chi connectivity index (χ2n) is 10.7. The molecule has 0 radical (unpaired) electrons. The SMILES string of the molecule is C=CCNC1=C2CC(=CC1)NC(=O)/C(C)=C/C=C\[C@H](OC)[C@@H](OC(N)=O)/C(C)=C/[C@H](C)[C@@H](O)[C@@H](OC)C[C@H](C)C2. The van der Waals surface area contributed by atoms with Gasteiger partial charge in [0.1, 0.15) is 6.10 Å². The molecule has 9 nitrogen and oxygen atoms in total. The summed E-state index contributed by atoms with van der Waals surface area (Å²) in [7, 11) is 3.10. The third-order valence-electron chi connectivity index (χ3n) is 7.36.